The zero-order valence-corrected chi connectivity index (χ0v) is 12.8. The Balaban J connectivity index is 2.18. The number of anilines is 1. The first-order valence-electron chi connectivity index (χ1n) is 7.00. The van der Waals surface area contributed by atoms with Gasteiger partial charge in [-0.2, -0.15) is 0 Å². The second-order valence-electron chi connectivity index (χ2n) is 6.17. The third-order valence-corrected chi connectivity index (χ3v) is 4.10. The summed E-state index contributed by atoms with van der Waals surface area (Å²) in [5.74, 6) is 1.14. The molecule has 0 atom stereocenters. The normalized spacial score (nSPS) is 19.7. The highest BCUT2D eigenvalue weighted by Crippen LogP contribution is 2.25. The number of aromatic nitrogens is 1. The first-order valence-corrected chi connectivity index (χ1v) is 7.00. The first-order chi connectivity index (χ1) is 8.94. The summed E-state index contributed by atoms with van der Waals surface area (Å²) in [7, 11) is 4.17. The van der Waals surface area contributed by atoms with Crippen molar-refractivity contribution in [3.8, 4) is 0 Å². The smallest absolute Gasteiger partial charge is 0.131 e. The highest BCUT2D eigenvalue weighted by atomic mass is 15.3. The number of hydrogen-bond acceptors (Lipinski definition) is 4. The lowest BCUT2D eigenvalue weighted by molar-refractivity contribution is 0.138. The number of piperazine rings is 1. The third-order valence-electron chi connectivity index (χ3n) is 4.10. The number of pyridine rings is 1. The van der Waals surface area contributed by atoms with E-state index in [1.165, 1.54) is 11.1 Å². The lowest BCUT2D eigenvalue weighted by Crippen LogP contribution is -2.58. The van der Waals surface area contributed by atoms with E-state index in [9.17, 15) is 0 Å². The number of hydrogen-bond donors (Lipinski definition) is 1. The van der Waals surface area contributed by atoms with E-state index in [0.29, 0.717) is 0 Å². The quantitative estimate of drug-likeness (QED) is 0.897. The Kier molecular flexibility index (Phi) is 4.11. The maximum Gasteiger partial charge on any atom is 0.131 e. The van der Waals surface area contributed by atoms with Crippen LogP contribution in [0.3, 0.4) is 0 Å². The van der Waals surface area contributed by atoms with E-state index in [0.717, 1.165) is 32.0 Å². The van der Waals surface area contributed by atoms with Crippen molar-refractivity contribution in [3.63, 3.8) is 0 Å². The molecular weight excluding hydrogens is 236 g/mol. The molecule has 4 heteroatoms. The summed E-state index contributed by atoms with van der Waals surface area (Å²) in [6.45, 7) is 10.8. The minimum absolute atomic E-state index is 0.204. The van der Waals surface area contributed by atoms with Crippen LogP contribution in [-0.4, -0.2) is 49.2 Å². The molecule has 1 N–H and O–H groups in total. The van der Waals surface area contributed by atoms with Crippen molar-refractivity contribution in [1.82, 2.24) is 15.2 Å². The predicted octanol–water partition coefficient (Wildman–Crippen LogP) is 1.64. The van der Waals surface area contributed by atoms with E-state index in [1.54, 1.807) is 0 Å². The van der Waals surface area contributed by atoms with Crippen molar-refractivity contribution < 1.29 is 0 Å². The highest BCUT2D eigenvalue weighted by Gasteiger charge is 2.31. The number of likely N-dealkylation sites (N-methyl/N-ethyl adjacent to an activating group) is 1. The first kappa shape index (κ1) is 14.3. The standard InChI is InChI=1S/C15H26N4/c1-12-8-13(9-16-4)10-17-14(12)19-7-6-18(5)15(2,3)11-19/h8,10,16H,6-7,9,11H2,1-5H3. The van der Waals surface area contributed by atoms with E-state index in [1.807, 2.05) is 13.2 Å². The maximum atomic E-state index is 4.68. The summed E-state index contributed by atoms with van der Waals surface area (Å²) in [6, 6.07) is 2.24. The molecule has 2 heterocycles. The van der Waals surface area contributed by atoms with Gasteiger partial charge in [0.2, 0.25) is 0 Å². The van der Waals surface area contributed by atoms with E-state index in [2.05, 4.69) is 54.0 Å². The van der Waals surface area contributed by atoms with Gasteiger partial charge in [0, 0.05) is 37.9 Å². The van der Waals surface area contributed by atoms with Crippen LogP contribution in [0.1, 0.15) is 25.0 Å². The topological polar surface area (TPSA) is 31.4 Å². The van der Waals surface area contributed by atoms with Crippen LogP contribution in [0.4, 0.5) is 5.82 Å². The van der Waals surface area contributed by atoms with E-state index in [-0.39, 0.29) is 5.54 Å². The van der Waals surface area contributed by atoms with Crippen LogP contribution in [0.25, 0.3) is 0 Å². The molecule has 4 nitrogen and oxygen atoms in total. The fourth-order valence-corrected chi connectivity index (χ4v) is 2.68. The molecule has 1 aromatic heterocycles. The molecule has 1 aliphatic rings. The fourth-order valence-electron chi connectivity index (χ4n) is 2.68. The molecule has 2 rings (SSSR count). The molecule has 1 aromatic rings. The van der Waals surface area contributed by atoms with Gasteiger partial charge in [-0.1, -0.05) is 0 Å². The van der Waals surface area contributed by atoms with Crippen molar-refractivity contribution in [3.05, 3.63) is 23.4 Å². The Morgan fingerprint density at radius 3 is 2.68 bits per heavy atom. The van der Waals surface area contributed by atoms with Crippen LogP contribution < -0.4 is 10.2 Å². The Labute approximate surface area is 116 Å². The number of aryl methyl sites for hydroxylation is 1. The number of nitrogens with zero attached hydrogens (tertiary/aromatic N) is 3. The van der Waals surface area contributed by atoms with Gasteiger partial charge in [-0.3, -0.25) is 4.90 Å². The van der Waals surface area contributed by atoms with Gasteiger partial charge in [0.15, 0.2) is 0 Å². The van der Waals surface area contributed by atoms with Gasteiger partial charge in [-0.05, 0) is 52.1 Å². The number of nitrogens with one attached hydrogen (secondary N) is 1. The Morgan fingerprint density at radius 1 is 1.37 bits per heavy atom. The van der Waals surface area contributed by atoms with E-state index in [4.69, 9.17) is 0 Å². The molecule has 106 valence electrons. The molecule has 0 bridgehead atoms. The summed E-state index contributed by atoms with van der Waals surface area (Å²) in [4.78, 5) is 9.52. The largest absolute Gasteiger partial charge is 0.353 e. The average molecular weight is 262 g/mol. The second-order valence-corrected chi connectivity index (χ2v) is 6.17. The summed E-state index contributed by atoms with van der Waals surface area (Å²) in [5, 5.41) is 3.17. The fraction of sp³-hybridized carbons (Fsp3) is 0.667. The van der Waals surface area contributed by atoms with E-state index < -0.39 is 0 Å². The third kappa shape index (κ3) is 3.07. The molecule has 19 heavy (non-hydrogen) atoms. The Morgan fingerprint density at radius 2 is 2.11 bits per heavy atom. The van der Waals surface area contributed by atoms with Gasteiger partial charge in [0.05, 0.1) is 0 Å². The molecule has 0 spiro atoms. The van der Waals surface area contributed by atoms with Gasteiger partial charge < -0.3 is 10.2 Å². The molecule has 0 aromatic carbocycles. The lowest BCUT2D eigenvalue weighted by Gasteiger charge is -2.46. The van der Waals surface area contributed by atoms with Gasteiger partial charge in [-0.25, -0.2) is 4.98 Å². The highest BCUT2D eigenvalue weighted by molar-refractivity contribution is 5.48. The van der Waals surface area contributed by atoms with Crippen LogP contribution in [-0.2, 0) is 6.54 Å². The molecule has 1 fully saturated rings. The minimum Gasteiger partial charge on any atom is -0.353 e. The zero-order chi connectivity index (χ0) is 14.0. The molecule has 1 saturated heterocycles. The van der Waals surface area contributed by atoms with Crippen molar-refractivity contribution in [2.45, 2.75) is 32.9 Å². The summed E-state index contributed by atoms with van der Waals surface area (Å²) in [6.07, 6.45) is 1.99. The van der Waals surface area contributed by atoms with Crippen LogP contribution in [0.15, 0.2) is 12.3 Å². The SMILES string of the molecule is CNCc1cnc(N2CCN(C)C(C)(C)C2)c(C)c1. The van der Waals surface area contributed by atoms with Crippen LogP contribution >= 0.6 is 0 Å². The summed E-state index contributed by atoms with van der Waals surface area (Å²) in [5.41, 5.74) is 2.72. The summed E-state index contributed by atoms with van der Waals surface area (Å²) >= 11 is 0. The zero-order valence-electron chi connectivity index (χ0n) is 12.8. The van der Waals surface area contributed by atoms with Gasteiger partial charge in [-0.15, -0.1) is 0 Å². The van der Waals surface area contributed by atoms with E-state index >= 15 is 0 Å². The minimum atomic E-state index is 0.204. The molecule has 0 aliphatic carbocycles. The Hall–Kier alpha value is -1.13. The van der Waals surface area contributed by atoms with Crippen LogP contribution in [0, 0.1) is 6.92 Å². The van der Waals surface area contributed by atoms with Crippen LogP contribution in [0.5, 0.6) is 0 Å². The Bertz CT molecular complexity index is 442. The van der Waals surface area contributed by atoms with Gasteiger partial charge >= 0.3 is 0 Å². The van der Waals surface area contributed by atoms with Gasteiger partial charge in [0.25, 0.3) is 0 Å². The molecule has 0 saturated carbocycles. The van der Waals surface area contributed by atoms with Crippen LogP contribution in [0.2, 0.25) is 0 Å². The van der Waals surface area contributed by atoms with Crippen molar-refractivity contribution in [2.75, 3.05) is 38.6 Å². The lowest BCUT2D eigenvalue weighted by atomic mass is 9.99. The maximum absolute atomic E-state index is 4.68. The molecule has 1 aliphatic heterocycles. The predicted molar refractivity (Wildman–Crippen MR) is 80.7 cm³/mol. The average Bonchev–Trinajstić information content (AvgIpc) is 2.33. The molecule has 0 radical (unpaired) electrons. The second kappa shape index (κ2) is 5.47. The molecular formula is C15H26N4. The van der Waals surface area contributed by atoms with Crippen molar-refractivity contribution in [2.24, 2.45) is 0 Å². The van der Waals surface area contributed by atoms with Crippen molar-refractivity contribution >= 4 is 5.82 Å². The monoisotopic (exact) mass is 262 g/mol. The van der Waals surface area contributed by atoms with Gasteiger partial charge in [0.1, 0.15) is 5.82 Å². The summed E-state index contributed by atoms with van der Waals surface area (Å²) < 4.78 is 0. The molecule has 0 unspecified atom stereocenters. The number of rotatable bonds is 3. The van der Waals surface area contributed by atoms with Crippen molar-refractivity contribution in [1.29, 1.82) is 0 Å². The molecule has 0 amide bonds.